The molecule has 0 heterocycles. The molecule has 0 spiro atoms. The number of carbonyl (C=O) groups excluding carboxylic acids is 2. The maximum Gasteiger partial charge on any atom is 0.244 e. The molecule has 3 aromatic carbocycles. The Morgan fingerprint density at radius 1 is 0.875 bits per heavy atom. The summed E-state index contributed by atoms with van der Waals surface area (Å²) in [4.78, 5) is 29.4. The van der Waals surface area contributed by atoms with Crippen molar-refractivity contribution in [3.63, 3.8) is 0 Å². The van der Waals surface area contributed by atoms with Crippen LogP contribution in [-0.2, 0) is 32.6 Å². The lowest BCUT2D eigenvalue weighted by Crippen LogP contribution is -2.54. The van der Waals surface area contributed by atoms with Crippen LogP contribution in [0, 0.1) is 20.8 Å². The number of hydrogen-bond donors (Lipinski definition) is 1. The van der Waals surface area contributed by atoms with Gasteiger partial charge in [0.1, 0.15) is 12.6 Å². The van der Waals surface area contributed by atoms with Crippen molar-refractivity contribution in [2.24, 2.45) is 0 Å². The number of anilines is 1. The van der Waals surface area contributed by atoms with E-state index < -0.39 is 28.5 Å². The summed E-state index contributed by atoms with van der Waals surface area (Å²) in [5.41, 5.74) is 5.19. The fourth-order valence-electron chi connectivity index (χ4n) is 4.38. The lowest BCUT2D eigenvalue weighted by atomic mass is 10.0. The number of amides is 2. The number of sulfonamides is 1. The first-order chi connectivity index (χ1) is 18.9. The highest BCUT2D eigenvalue weighted by atomic mass is 32.2. The monoisotopic (exact) mass is 563 g/mol. The Morgan fingerprint density at radius 3 is 2.10 bits per heavy atom. The predicted octanol–water partition coefficient (Wildman–Crippen LogP) is 4.93. The second kappa shape index (κ2) is 13.6. The van der Waals surface area contributed by atoms with E-state index in [-0.39, 0.29) is 18.5 Å². The summed E-state index contributed by atoms with van der Waals surface area (Å²) in [6.45, 7) is 9.49. The van der Waals surface area contributed by atoms with Gasteiger partial charge in [0.15, 0.2) is 0 Å². The van der Waals surface area contributed by atoms with Crippen molar-refractivity contribution in [3.05, 3.63) is 101 Å². The minimum atomic E-state index is -3.80. The van der Waals surface area contributed by atoms with Crippen molar-refractivity contribution < 1.29 is 18.0 Å². The van der Waals surface area contributed by atoms with Gasteiger partial charge in [0, 0.05) is 19.0 Å². The van der Waals surface area contributed by atoms with Gasteiger partial charge in [-0.1, -0.05) is 73.2 Å². The van der Waals surface area contributed by atoms with Gasteiger partial charge in [0.2, 0.25) is 21.8 Å². The number of aryl methyl sites for hydroxylation is 3. The molecule has 2 atom stereocenters. The molecule has 0 aliphatic carbocycles. The number of carbonyl (C=O) groups is 2. The maximum atomic E-state index is 14.1. The van der Waals surface area contributed by atoms with Gasteiger partial charge >= 0.3 is 0 Å². The van der Waals surface area contributed by atoms with E-state index in [2.05, 4.69) is 5.32 Å². The van der Waals surface area contributed by atoms with Crippen LogP contribution in [0.3, 0.4) is 0 Å². The van der Waals surface area contributed by atoms with Crippen LogP contribution in [-0.4, -0.2) is 50.0 Å². The average Bonchev–Trinajstić information content (AvgIpc) is 2.91. The van der Waals surface area contributed by atoms with Crippen LogP contribution in [0.5, 0.6) is 0 Å². The summed E-state index contributed by atoms with van der Waals surface area (Å²) in [5.74, 6) is -0.722. The van der Waals surface area contributed by atoms with Crippen LogP contribution in [0.2, 0.25) is 0 Å². The molecule has 0 fully saturated rings. The molecule has 0 saturated heterocycles. The quantitative estimate of drug-likeness (QED) is 0.339. The Kier molecular flexibility index (Phi) is 10.5. The third kappa shape index (κ3) is 8.42. The van der Waals surface area contributed by atoms with Crippen LogP contribution in [0.4, 0.5) is 5.69 Å². The molecule has 0 unspecified atom stereocenters. The zero-order valence-corrected chi connectivity index (χ0v) is 25.2. The summed E-state index contributed by atoms with van der Waals surface area (Å²) in [7, 11) is -3.80. The molecular weight excluding hydrogens is 522 g/mol. The second-order valence-electron chi connectivity index (χ2n) is 10.6. The molecule has 0 radical (unpaired) electrons. The van der Waals surface area contributed by atoms with Crippen molar-refractivity contribution in [2.45, 2.75) is 66.1 Å². The van der Waals surface area contributed by atoms with E-state index in [0.29, 0.717) is 12.1 Å². The number of nitrogens with one attached hydrogen (secondary N) is 1. The normalized spacial score (nSPS) is 12.8. The molecule has 40 heavy (non-hydrogen) atoms. The van der Waals surface area contributed by atoms with Gasteiger partial charge in [-0.2, -0.15) is 0 Å². The number of rotatable bonds is 12. The maximum absolute atomic E-state index is 14.1. The Labute approximate surface area is 239 Å². The zero-order valence-electron chi connectivity index (χ0n) is 24.3. The minimum absolute atomic E-state index is 0.0786. The fraction of sp³-hybridized carbons (Fsp3) is 0.375. The largest absolute Gasteiger partial charge is 0.352 e. The highest BCUT2D eigenvalue weighted by Crippen LogP contribution is 2.23. The lowest BCUT2D eigenvalue weighted by Gasteiger charge is -2.34. The summed E-state index contributed by atoms with van der Waals surface area (Å²) in [5, 5.41) is 3.04. The smallest absolute Gasteiger partial charge is 0.244 e. The van der Waals surface area contributed by atoms with Crippen molar-refractivity contribution in [3.8, 4) is 0 Å². The van der Waals surface area contributed by atoms with Crippen molar-refractivity contribution in [1.82, 2.24) is 10.2 Å². The molecule has 0 saturated carbocycles. The second-order valence-corrected chi connectivity index (χ2v) is 12.5. The number of benzene rings is 3. The van der Waals surface area contributed by atoms with E-state index in [9.17, 15) is 18.0 Å². The first-order valence-corrected chi connectivity index (χ1v) is 15.5. The van der Waals surface area contributed by atoms with Gasteiger partial charge in [0.05, 0.1) is 11.9 Å². The van der Waals surface area contributed by atoms with E-state index in [1.54, 1.807) is 12.1 Å². The molecular formula is C32H41N3O4S. The first-order valence-electron chi connectivity index (χ1n) is 13.6. The average molecular weight is 564 g/mol. The minimum Gasteiger partial charge on any atom is -0.352 e. The molecule has 8 heteroatoms. The molecule has 2 amide bonds. The molecule has 3 rings (SSSR count). The standard InChI is InChI=1S/C32H41N3O4S/c1-7-26(5)33-32(37)30(20-27-11-9-8-10-12-27)34(21-28-16-13-23(2)14-17-28)31(36)22-35(40(6,38)39)29-18-15-24(3)25(4)19-29/h8-19,26,30H,7,20-22H2,1-6H3,(H,33,37)/t26-,30-/m0/s1. The molecule has 0 aliphatic rings. The molecule has 0 aromatic heterocycles. The van der Waals surface area contributed by atoms with Gasteiger partial charge in [-0.25, -0.2) is 8.42 Å². The van der Waals surface area contributed by atoms with Crippen LogP contribution < -0.4 is 9.62 Å². The molecule has 214 valence electrons. The van der Waals surface area contributed by atoms with Gasteiger partial charge < -0.3 is 10.2 Å². The van der Waals surface area contributed by atoms with Crippen LogP contribution in [0.25, 0.3) is 0 Å². The first kappa shape index (κ1) is 30.9. The Bertz CT molecular complexity index is 1410. The summed E-state index contributed by atoms with van der Waals surface area (Å²) in [6, 6.07) is 21.7. The highest BCUT2D eigenvalue weighted by molar-refractivity contribution is 7.92. The Hall–Kier alpha value is -3.65. The lowest BCUT2D eigenvalue weighted by molar-refractivity contribution is -0.140. The van der Waals surface area contributed by atoms with Crippen LogP contribution >= 0.6 is 0 Å². The molecule has 7 nitrogen and oxygen atoms in total. The van der Waals surface area contributed by atoms with E-state index in [4.69, 9.17) is 0 Å². The van der Waals surface area contributed by atoms with Crippen molar-refractivity contribution >= 4 is 27.5 Å². The number of nitrogens with zero attached hydrogens (tertiary/aromatic N) is 2. The third-order valence-electron chi connectivity index (χ3n) is 7.20. The van der Waals surface area contributed by atoms with E-state index in [1.165, 1.54) is 4.90 Å². The van der Waals surface area contributed by atoms with E-state index in [0.717, 1.165) is 44.8 Å². The molecule has 0 bridgehead atoms. The third-order valence-corrected chi connectivity index (χ3v) is 8.34. The molecule has 1 N–H and O–H groups in total. The highest BCUT2D eigenvalue weighted by Gasteiger charge is 2.33. The summed E-state index contributed by atoms with van der Waals surface area (Å²) < 4.78 is 27.0. The van der Waals surface area contributed by atoms with Crippen LogP contribution in [0.1, 0.15) is 48.1 Å². The fourth-order valence-corrected chi connectivity index (χ4v) is 5.22. The van der Waals surface area contributed by atoms with Crippen LogP contribution in [0.15, 0.2) is 72.8 Å². The van der Waals surface area contributed by atoms with E-state index >= 15 is 0 Å². The topological polar surface area (TPSA) is 86.8 Å². The summed E-state index contributed by atoms with van der Waals surface area (Å²) >= 11 is 0. The molecule has 0 aliphatic heterocycles. The van der Waals surface area contributed by atoms with Gasteiger partial charge in [-0.3, -0.25) is 13.9 Å². The van der Waals surface area contributed by atoms with Crippen molar-refractivity contribution in [1.29, 1.82) is 0 Å². The van der Waals surface area contributed by atoms with Gasteiger partial charge in [-0.15, -0.1) is 0 Å². The predicted molar refractivity (Wildman–Crippen MR) is 162 cm³/mol. The Morgan fingerprint density at radius 2 is 1.52 bits per heavy atom. The zero-order chi connectivity index (χ0) is 29.4. The summed E-state index contributed by atoms with van der Waals surface area (Å²) in [6.07, 6.45) is 2.13. The Balaban J connectivity index is 2.06. The van der Waals surface area contributed by atoms with Gasteiger partial charge in [0.25, 0.3) is 0 Å². The van der Waals surface area contributed by atoms with Gasteiger partial charge in [-0.05, 0) is 68.5 Å². The van der Waals surface area contributed by atoms with Crippen molar-refractivity contribution in [2.75, 3.05) is 17.1 Å². The van der Waals surface area contributed by atoms with E-state index in [1.807, 2.05) is 95.3 Å². The SMILES string of the molecule is CC[C@H](C)NC(=O)[C@H](Cc1ccccc1)N(Cc1ccc(C)cc1)C(=O)CN(c1ccc(C)c(C)c1)S(C)(=O)=O. The molecule has 3 aromatic rings. The number of hydrogen-bond acceptors (Lipinski definition) is 4.